The lowest BCUT2D eigenvalue weighted by Crippen LogP contribution is -2.49. The minimum atomic E-state index is -0.550. The third kappa shape index (κ3) is 4.25. The zero-order valence-electron chi connectivity index (χ0n) is 12.3. The summed E-state index contributed by atoms with van der Waals surface area (Å²) in [6.45, 7) is 11.6. The molecule has 4 heteroatoms. The smallest absolute Gasteiger partial charge is 0.240 e. The quantitative estimate of drug-likeness (QED) is 0.688. The summed E-state index contributed by atoms with van der Waals surface area (Å²) in [4.78, 5) is 14.3. The number of carbonyl (C=O) groups is 1. The van der Waals surface area contributed by atoms with Crippen LogP contribution in [-0.2, 0) is 4.79 Å². The van der Waals surface area contributed by atoms with Gasteiger partial charge in [-0.1, -0.05) is 27.7 Å². The maximum atomic E-state index is 11.9. The first-order chi connectivity index (χ1) is 8.42. The van der Waals surface area contributed by atoms with Crippen LogP contribution in [0.15, 0.2) is 0 Å². The molecule has 106 valence electrons. The molecule has 0 aromatic rings. The molecule has 0 heterocycles. The van der Waals surface area contributed by atoms with Crippen LogP contribution in [0.4, 0.5) is 0 Å². The average molecular weight is 255 g/mol. The van der Waals surface area contributed by atoms with Crippen LogP contribution in [-0.4, -0.2) is 42.0 Å². The first-order valence-electron chi connectivity index (χ1n) is 7.24. The normalized spacial score (nSPS) is 19.1. The van der Waals surface area contributed by atoms with Crippen LogP contribution in [0.3, 0.4) is 0 Å². The van der Waals surface area contributed by atoms with Gasteiger partial charge in [-0.2, -0.15) is 0 Å². The summed E-state index contributed by atoms with van der Waals surface area (Å²) in [6, 6.07) is 0.422. The largest absolute Gasteiger partial charge is 0.353 e. The molecular weight excluding hydrogens is 226 g/mol. The lowest BCUT2D eigenvalue weighted by atomic mass is 10.0. The van der Waals surface area contributed by atoms with Crippen molar-refractivity contribution in [3.05, 3.63) is 0 Å². The lowest BCUT2D eigenvalue weighted by Gasteiger charge is -2.31. The Morgan fingerprint density at radius 3 is 2.28 bits per heavy atom. The van der Waals surface area contributed by atoms with Crippen LogP contribution < -0.4 is 11.1 Å². The van der Waals surface area contributed by atoms with E-state index in [0.717, 1.165) is 38.9 Å². The van der Waals surface area contributed by atoms with Crippen molar-refractivity contribution in [1.82, 2.24) is 10.2 Å². The fraction of sp³-hybridized carbons (Fsp3) is 0.929. The van der Waals surface area contributed by atoms with E-state index in [9.17, 15) is 4.79 Å². The van der Waals surface area contributed by atoms with Crippen molar-refractivity contribution in [3.8, 4) is 0 Å². The van der Waals surface area contributed by atoms with Gasteiger partial charge in [-0.15, -0.1) is 0 Å². The van der Waals surface area contributed by atoms with E-state index >= 15 is 0 Å². The molecule has 0 bridgehead atoms. The van der Waals surface area contributed by atoms with Gasteiger partial charge in [-0.05, 0) is 38.3 Å². The zero-order chi connectivity index (χ0) is 13.8. The predicted molar refractivity (Wildman–Crippen MR) is 75.3 cm³/mol. The molecule has 4 nitrogen and oxygen atoms in total. The Kier molecular flexibility index (Phi) is 5.60. The first kappa shape index (κ1) is 15.4. The molecule has 1 atom stereocenters. The SMILES string of the molecule is CCN(CC)C(CNC(=O)C1(N)CC1)CC(C)C. The first-order valence-corrected chi connectivity index (χ1v) is 7.24. The topological polar surface area (TPSA) is 58.4 Å². The molecule has 0 aromatic carbocycles. The Morgan fingerprint density at radius 2 is 1.89 bits per heavy atom. The summed E-state index contributed by atoms with van der Waals surface area (Å²) in [5.74, 6) is 0.670. The second-order valence-electron chi connectivity index (χ2n) is 5.87. The molecule has 1 rings (SSSR count). The van der Waals surface area contributed by atoms with Crippen molar-refractivity contribution >= 4 is 5.91 Å². The van der Waals surface area contributed by atoms with Gasteiger partial charge in [0.25, 0.3) is 0 Å². The number of rotatable bonds is 8. The van der Waals surface area contributed by atoms with Crippen molar-refractivity contribution in [2.75, 3.05) is 19.6 Å². The summed E-state index contributed by atoms with van der Waals surface area (Å²) in [6.07, 6.45) is 2.78. The monoisotopic (exact) mass is 255 g/mol. The lowest BCUT2D eigenvalue weighted by molar-refractivity contribution is -0.123. The molecule has 1 aliphatic rings. The molecule has 1 aliphatic carbocycles. The summed E-state index contributed by atoms with van der Waals surface area (Å²) in [5, 5.41) is 3.03. The maximum absolute atomic E-state index is 11.9. The van der Waals surface area contributed by atoms with Crippen molar-refractivity contribution in [2.24, 2.45) is 11.7 Å². The van der Waals surface area contributed by atoms with Crippen LogP contribution >= 0.6 is 0 Å². The minimum absolute atomic E-state index is 0.0309. The van der Waals surface area contributed by atoms with E-state index in [4.69, 9.17) is 5.73 Å². The van der Waals surface area contributed by atoms with E-state index in [1.165, 1.54) is 0 Å². The van der Waals surface area contributed by atoms with Gasteiger partial charge in [0, 0.05) is 12.6 Å². The number of carbonyl (C=O) groups excluding carboxylic acids is 1. The molecule has 0 radical (unpaired) electrons. The van der Waals surface area contributed by atoms with Crippen LogP contribution in [0, 0.1) is 5.92 Å². The zero-order valence-corrected chi connectivity index (χ0v) is 12.3. The Bertz CT molecular complexity index is 270. The standard InChI is InChI=1S/C14H29N3O/c1-5-17(6-2)12(9-11(3)4)10-16-13(18)14(15)7-8-14/h11-12H,5-10,15H2,1-4H3,(H,16,18). The Balaban J connectivity index is 2.47. The molecular formula is C14H29N3O. The molecule has 1 unspecified atom stereocenters. The molecule has 0 saturated heterocycles. The molecule has 1 amide bonds. The van der Waals surface area contributed by atoms with E-state index in [2.05, 4.69) is 37.9 Å². The average Bonchev–Trinajstić information content (AvgIpc) is 3.05. The number of amides is 1. The maximum Gasteiger partial charge on any atom is 0.240 e. The van der Waals surface area contributed by atoms with Gasteiger partial charge in [0.2, 0.25) is 5.91 Å². The molecule has 3 N–H and O–H groups in total. The predicted octanol–water partition coefficient (Wildman–Crippen LogP) is 1.35. The molecule has 1 fully saturated rings. The van der Waals surface area contributed by atoms with Gasteiger partial charge >= 0.3 is 0 Å². The Hall–Kier alpha value is -0.610. The fourth-order valence-electron chi connectivity index (χ4n) is 2.39. The highest BCUT2D eigenvalue weighted by atomic mass is 16.2. The molecule has 1 saturated carbocycles. The minimum Gasteiger partial charge on any atom is -0.353 e. The van der Waals surface area contributed by atoms with Crippen molar-refractivity contribution in [3.63, 3.8) is 0 Å². The highest BCUT2D eigenvalue weighted by Gasteiger charge is 2.45. The van der Waals surface area contributed by atoms with Crippen molar-refractivity contribution in [1.29, 1.82) is 0 Å². The van der Waals surface area contributed by atoms with E-state index in [1.54, 1.807) is 0 Å². The summed E-state index contributed by atoms with van der Waals surface area (Å²) in [5.41, 5.74) is 5.34. The number of likely N-dealkylation sites (N-methyl/N-ethyl adjacent to an activating group) is 1. The van der Waals surface area contributed by atoms with Gasteiger partial charge in [0.05, 0.1) is 5.54 Å². The van der Waals surface area contributed by atoms with Crippen LogP contribution in [0.2, 0.25) is 0 Å². The van der Waals surface area contributed by atoms with Gasteiger partial charge in [-0.25, -0.2) is 0 Å². The number of nitrogens with zero attached hydrogens (tertiary/aromatic N) is 1. The van der Waals surface area contributed by atoms with Gasteiger partial charge in [0.1, 0.15) is 0 Å². The van der Waals surface area contributed by atoms with E-state index in [1.807, 2.05) is 0 Å². The fourth-order valence-corrected chi connectivity index (χ4v) is 2.39. The molecule has 0 spiro atoms. The summed E-state index contributed by atoms with van der Waals surface area (Å²) >= 11 is 0. The third-order valence-electron chi connectivity index (χ3n) is 3.81. The second kappa shape index (κ2) is 6.53. The van der Waals surface area contributed by atoms with E-state index < -0.39 is 5.54 Å². The Labute approximate surface area is 111 Å². The number of nitrogens with one attached hydrogen (secondary N) is 1. The van der Waals surface area contributed by atoms with E-state index in [-0.39, 0.29) is 5.91 Å². The molecule has 0 aromatic heterocycles. The highest BCUT2D eigenvalue weighted by molar-refractivity contribution is 5.88. The van der Waals surface area contributed by atoms with E-state index in [0.29, 0.717) is 12.0 Å². The molecule has 0 aliphatic heterocycles. The molecule has 18 heavy (non-hydrogen) atoms. The number of nitrogens with two attached hydrogens (primary N) is 1. The van der Waals surface area contributed by atoms with Crippen LogP contribution in [0.5, 0.6) is 0 Å². The van der Waals surface area contributed by atoms with Gasteiger partial charge in [-0.3, -0.25) is 9.69 Å². The number of hydrogen-bond donors (Lipinski definition) is 2. The van der Waals surface area contributed by atoms with Crippen LogP contribution in [0.1, 0.15) is 47.0 Å². The summed E-state index contributed by atoms with van der Waals surface area (Å²) in [7, 11) is 0. The third-order valence-corrected chi connectivity index (χ3v) is 3.81. The summed E-state index contributed by atoms with van der Waals surface area (Å²) < 4.78 is 0. The Morgan fingerprint density at radius 1 is 1.33 bits per heavy atom. The highest BCUT2D eigenvalue weighted by Crippen LogP contribution is 2.32. The van der Waals surface area contributed by atoms with Crippen molar-refractivity contribution < 1.29 is 4.79 Å². The van der Waals surface area contributed by atoms with Gasteiger partial charge in [0.15, 0.2) is 0 Å². The second-order valence-corrected chi connectivity index (χ2v) is 5.87. The number of hydrogen-bond acceptors (Lipinski definition) is 3. The van der Waals surface area contributed by atoms with Gasteiger partial charge < -0.3 is 11.1 Å². The van der Waals surface area contributed by atoms with Crippen molar-refractivity contribution in [2.45, 2.75) is 58.5 Å². The van der Waals surface area contributed by atoms with Crippen LogP contribution in [0.25, 0.3) is 0 Å².